The van der Waals surface area contributed by atoms with E-state index >= 15 is 0 Å². The first-order valence-corrected chi connectivity index (χ1v) is 10.5. The van der Waals surface area contributed by atoms with Crippen LogP contribution in [0.1, 0.15) is 18.4 Å². The van der Waals surface area contributed by atoms with Crippen molar-refractivity contribution < 1.29 is 17.9 Å². The Morgan fingerprint density at radius 2 is 1.93 bits per heavy atom. The molecule has 0 aliphatic heterocycles. The van der Waals surface area contributed by atoms with Crippen molar-refractivity contribution in [2.24, 2.45) is 0 Å². The van der Waals surface area contributed by atoms with Crippen LogP contribution >= 0.6 is 23.2 Å². The van der Waals surface area contributed by atoms with Gasteiger partial charge in [0, 0.05) is 16.1 Å². The van der Waals surface area contributed by atoms with Crippen LogP contribution in [0.25, 0.3) is 0 Å². The van der Waals surface area contributed by atoms with E-state index in [-0.39, 0.29) is 29.0 Å². The van der Waals surface area contributed by atoms with Gasteiger partial charge in [0.1, 0.15) is 5.75 Å². The van der Waals surface area contributed by atoms with Crippen LogP contribution in [0.2, 0.25) is 10.0 Å². The van der Waals surface area contributed by atoms with Gasteiger partial charge >= 0.3 is 0 Å². The van der Waals surface area contributed by atoms with Crippen LogP contribution in [0, 0.1) is 0 Å². The van der Waals surface area contributed by atoms with Crippen LogP contribution in [0.15, 0.2) is 41.3 Å². The van der Waals surface area contributed by atoms with Gasteiger partial charge in [-0.3, -0.25) is 4.79 Å². The lowest BCUT2D eigenvalue weighted by atomic mass is 10.1. The summed E-state index contributed by atoms with van der Waals surface area (Å²) < 4.78 is 32.6. The van der Waals surface area contributed by atoms with E-state index in [0.717, 1.165) is 12.8 Å². The molecule has 2 aromatic carbocycles. The maximum atomic E-state index is 12.4. The molecular formula is C18H18Cl2N2O4S. The van der Waals surface area contributed by atoms with Gasteiger partial charge in [0.05, 0.1) is 24.1 Å². The number of carbonyl (C=O) groups is 1. The fraction of sp³-hybridized carbons (Fsp3) is 0.278. The van der Waals surface area contributed by atoms with E-state index in [1.807, 2.05) is 0 Å². The molecule has 0 aromatic heterocycles. The van der Waals surface area contributed by atoms with Crippen LogP contribution < -0.4 is 14.8 Å². The Hall–Kier alpha value is -1.80. The number of halogens is 2. The van der Waals surface area contributed by atoms with Crippen LogP contribution in [-0.2, 0) is 21.2 Å². The monoisotopic (exact) mass is 428 g/mol. The Kier molecular flexibility index (Phi) is 5.95. The van der Waals surface area contributed by atoms with Gasteiger partial charge in [0.25, 0.3) is 0 Å². The van der Waals surface area contributed by atoms with Crippen LogP contribution in [0.3, 0.4) is 0 Å². The Morgan fingerprint density at radius 3 is 2.56 bits per heavy atom. The van der Waals surface area contributed by atoms with E-state index in [1.165, 1.54) is 25.3 Å². The van der Waals surface area contributed by atoms with E-state index in [2.05, 4.69) is 10.0 Å². The molecule has 0 atom stereocenters. The number of nitrogens with one attached hydrogen (secondary N) is 2. The average Bonchev–Trinajstić information content (AvgIpc) is 3.40. The number of anilines is 1. The summed E-state index contributed by atoms with van der Waals surface area (Å²) in [5.74, 6) is -0.00172. The van der Waals surface area contributed by atoms with Crippen molar-refractivity contribution in [3.63, 3.8) is 0 Å². The zero-order valence-electron chi connectivity index (χ0n) is 14.5. The summed E-state index contributed by atoms with van der Waals surface area (Å²) >= 11 is 12.0. The van der Waals surface area contributed by atoms with Gasteiger partial charge in [0.2, 0.25) is 15.9 Å². The molecule has 0 unspecified atom stereocenters. The Labute approximate surface area is 167 Å². The van der Waals surface area contributed by atoms with Crippen LogP contribution in [0.4, 0.5) is 5.69 Å². The third-order valence-electron chi connectivity index (χ3n) is 4.02. The number of hydrogen-bond acceptors (Lipinski definition) is 4. The van der Waals surface area contributed by atoms with Crippen molar-refractivity contribution in [2.75, 3.05) is 12.4 Å². The van der Waals surface area contributed by atoms with Gasteiger partial charge in [-0.2, -0.15) is 0 Å². The molecule has 2 N–H and O–H groups in total. The van der Waals surface area contributed by atoms with E-state index < -0.39 is 10.0 Å². The molecule has 0 spiro atoms. The standard InChI is InChI=1S/C18H18Cl2N2O4S/c1-26-17-7-6-14(27(24,25)22-13-4-5-13)10-16(17)21-18(23)8-11-2-3-12(19)9-15(11)20/h2-3,6-7,9-10,13,22H,4-5,8H2,1H3,(H,21,23). The molecule has 1 aliphatic rings. The second kappa shape index (κ2) is 8.06. The molecule has 1 amide bonds. The van der Waals surface area contributed by atoms with Crippen molar-refractivity contribution in [1.29, 1.82) is 0 Å². The summed E-state index contributed by atoms with van der Waals surface area (Å²) in [5.41, 5.74) is 0.878. The number of benzene rings is 2. The lowest BCUT2D eigenvalue weighted by Crippen LogP contribution is -2.26. The van der Waals surface area contributed by atoms with E-state index in [9.17, 15) is 13.2 Å². The van der Waals surface area contributed by atoms with Crippen molar-refractivity contribution in [3.05, 3.63) is 52.0 Å². The molecule has 9 heteroatoms. The highest BCUT2D eigenvalue weighted by Gasteiger charge is 2.28. The number of methoxy groups -OCH3 is 1. The van der Waals surface area contributed by atoms with Crippen molar-refractivity contribution >= 4 is 44.8 Å². The molecule has 0 saturated heterocycles. The molecule has 2 aromatic rings. The number of ether oxygens (including phenoxy) is 1. The minimum atomic E-state index is -3.64. The number of hydrogen-bond donors (Lipinski definition) is 2. The molecule has 0 heterocycles. The third-order valence-corrected chi connectivity index (χ3v) is 6.13. The summed E-state index contributed by atoms with van der Waals surface area (Å²) in [7, 11) is -2.20. The summed E-state index contributed by atoms with van der Waals surface area (Å²) in [5, 5.41) is 3.55. The zero-order chi connectivity index (χ0) is 19.6. The summed E-state index contributed by atoms with van der Waals surface area (Å²) in [4.78, 5) is 12.5. The fourth-order valence-electron chi connectivity index (χ4n) is 2.47. The van der Waals surface area contributed by atoms with Crippen molar-refractivity contribution in [1.82, 2.24) is 4.72 Å². The highest BCUT2D eigenvalue weighted by molar-refractivity contribution is 7.89. The highest BCUT2D eigenvalue weighted by Crippen LogP contribution is 2.29. The maximum absolute atomic E-state index is 12.4. The van der Waals surface area contributed by atoms with Gasteiger partial charge in [-0.25, -0.2) is 13.1 Å². The van der Waals surface area contributed by atoms with Crippen LogP contribution in [-0.4, -0.2) is 27.5 Å². The summed E-state index contributed by atoms with van der Waals surface area (Å²) in [6.45, 7) is 0. The highest BCUT2D eigenvalue weighted by atomic mass is 35.5. The second-order valence-electron chi connectivity index (χ2n) is 6.22. The van der Waals surface area contributed by atoms with Gasteiger partial charge in [-0.1, -0.05) is 29.3 Å². The first kappa shape index (κ1) is 19.9. The maximum Gasteiger partial charge on any atom is 0.240 e. The number of rotatable bonds is 7. The van der Waals surface area contributed by atoms with Crippen LogP contribution in [0.5, 0.6) is 5.75 Å². The van der Waals surface area contributed by atoms with E-state index in [4.69, 9.17) is 27.9 Å². The van der Waals surface area contributed by atoms with Gasteiger partial charge in [-0.05, 0) is 48.7 Å². The Bertz CT molecular complexity index is 975. The average molecular weight is 429 g/mol. The van der Waals surface area contributed by atoms with E-state index in [0.29, 0.717) is 21.4 Å². The van der Waals surface area contributed by atoms with Gasteiger partial charge < -0.3 is 10.1 Å². The number of sulfonamides is 1. The predicted molar refractivity (Wildman–Crippen MR) is 105 cm³/mol. The summed E-state index contributed by atoms with van der Waals surface area (Å²) in [6.07, 6.45) is 1.68. The fourth-order valence-corrected chi connectivity index (χ4v) is 4.28. The Balaban J connectivity index is 1.79. The topological polar surface area (TPSA) is 84.5 Å². The number of carbonyl (C=O) groups excluding carboxylic acids is 1. The van der Waals surface area contributed by atoms with Crippen molar-refractivity contribution in [3.8, 4) is 5.75 Å². The van der Waals surface area contributed by atoms with Crippen molar-refractivity contribution in [2.45, 2.75) is 30.2 Å². The smallest absolute Gasteiger partial charge is 0.240 e. The molecule has 27 heavy (non-hydrogen) atoms. The van der Waals surface area contributed by atoms with Gasteiger partial charge in [0.15, 0.2) is 0 Å². The zero-order valence-corrected chi connectivity index (χ0v) is 16.8. The molecular weight excluding hydrogens is 411 g/mol. The first-order valence-electron chi connectivity index (χ1n) is 8.22. The molecule has 0 radical (unpaired) electrons. The summed E-state index contributed by atoms with van der Waals surface area (Å²) in [6, 6.07) is 9.19. The largest absolute Gasteiger partial charge is 0.495 e. The molecule has 3 rings (SSSR count). The van der Waals surface area contributed by atoms with E-state index in [1.54, 1.807) is 18.2 Å². The lowest BCUT2D eigenvalue weighted by molar-refractivity contribution is -0.115. The SMILES string of the molecule is COc1ccc(S(=O)(=O)NC2CC2)cc1NC(=O)Cc1ccc(Cl)cc1Cl. The second-order valence-corrected chi connectivity index (χ2v) is 8.78. The quantitative estimate of drug-likeness (QED) is 0.704. The molecule has 144 valence electrons. The minimum absolute atomic E-state index is 0.0104. The molecule has 6 nitrogen and oxygen atoms in total. The predicted octanol–water partition coefficient (Wildman–Crippen LogP) is 3.62. The molecule has 1 saturated carbocycles. The molecule has 1 aliphatic carbocycles. The first-order chi connectivity index (χ1) is 12.8. The molecule has 1 fully saturated rings. The lowest BCUT2D eigenvalue weighted by Gasteiger charge is -2.13. The molecule has 0 bridgehead atoms. The third kappa shape index (κ3) is 5.13. The minimum Gasteiger partial charge on any atom is -0.495 e. The normalized spacial score (nSPS) is 14.0. The number of amides is 1. The van der Waals surface area contributed by atoms with Gasteiger partial charge in [-0.15, -0.1) is 0 Å². The Morgan fingerprint density at radius 1 is 1.19 bits per heavy atom.